The number of hydrogen-bond acceptors (Lipinski definition) is 5. The van der Waals surface area contributed by atoms with Crippen molar-refractivity contribution in [2.45, 2.75) is 68.6 Å². The van der Waals surface area contributed by atoms with E-state index in [-0.39, 0.29) is 29.2 Å². The summed E-state index contributed by atoms with van der Waals surface area (Å²) in [4.78, 5) is 42.4. The highest BCUT2D eigenvalue weighted by Gasteiger charge is 2.77. The monoisotopic (exact) mass is 569 g/mol. The number of carbonyl (C=O) groups is 3. The smallest absolute Gasteiger partial charge is 0.250 e. The molecule has 3 unspecified atom stereocenters. The van der Waals surface area contributed by atoms with Gasteiger partial charge in [-0.1, -0.05) is 48.3 Å². The quantitative estimate of drug-likeness (QED) is 0.396. The molecule has 1 aromatic rings. The minimum atomic E-state index is -1.16. The zero-order valence-electron chi connectivity index (χ0n) is 20.2. The van der Waals surface area contributed by atoms with Crippen molar-refractivity contribution in [2.75, 3.05) is 18.5 Å². The molecule has 0 saturated carbocycles. The normalized spacial score (nSPS) is 32.1. The Balaban J connectivity index is 1.75. The molecule has 3 fully saturated rings. The number of amides is 3. The number of anilines is 1. The number of benzene rings is 1. The van der Waals surface area contributed by atoms with E-state index in [1.165, 1.54) is 4.90 Å². The fourth-order valence-electron chi connectivity index (χ4n) is 5.99. The first kappa shape index (κ1) is 26.4. The molecule has 0 radical (unpaired) electrons. The number of fused-ring (bicyclic) bond motifs is 1. The number of aliphatic hydroxyl groups is 1. The van der Waals surface area contributed by atoms with Crippen LogP contribution >= 0.6 is 27.5 Å². The molecule has 4 rings (SSSR count). The molecule has 7 atom stereocenters. The van der Waals surface area contributed by atoms with Gasteiger partial charge in [0.15, 0.2) is 0 Å². The Bertz CT molecular complexity index is 976. The molecule has 35 heavy (non-hydrogen) atoms. The molecule has 0 aliphatic carbocycles. The van der Waals surface area contributed by atoms with E-state index >= 15 is 0 Å². The number of aliphatic hydroxyl groups excluding tert-OH is 1. The molecule has 3 aliphatic rings. The Morgan fingerprint density at radius 1 is 1.29 bits per heavy atom. The van der Waals surface area contributed by atoms with Crippen LogP contribution in [-0.2, 0) is 19.1 Å². The first-order valence-corrected chi connectivity index (χ1v) is 13.5. The van der Waals surface area contributed by atoms with E-state index in [1.54, 1.807) is 24.3 Å². The number of carbonyl (C=O) groups excluding carboxylic acids is 3. The second-order valence-corrected chi connectivity index (χ2v) is 11.8. The van der Waals surface area contributed by atoms with Crippen LogP contribution < -0.4 is 10.6 Å². The number of hydrogen-bond donors (Lipinski definition) is 3. The van der Waals surface area contributed by atoms with Gasteiger partial charge in [0.2, 0.25) is 17.7 Å². The van der Waals surface area contributed by atoms with Gasteiger partial charge in [-0.25, -0.2) is 0 Å². The lowest BCUT2D eigenvalue weighted by atomic mass is 9.70. The van der Waals surface area contributed by atoms with Crippen LogP contribution in [0.3, 0.4) is 0 Å². The topological polar surface area (TPSA) is 108 Å². The predicted octanol–water partition coefficient (Wildman–Crippen LogP) is 2.96. The van der Waals surface area contributed by atoms with Gasteiger partial charge >= 0.3 is 0 Å². The molecule has 8 nitrogen and oxygen atoms in total. The lowest BCUT2D eigenvalue weighted by Crippen LogP contribution is -2.57. The van der Waals surface area contributed by atoms with Crippen LogP contribution in [0.4, 0.5) is 5.69 Å². The van der Waals surface area contributed by atoms with Crippen molar-refractivity contribution >= 4 is 50.9 Å². The van der Waals surface area contributed by atoms with Gasteiger partial charge in [-0.05, 0) is 49.4 Å². The molecule has 10 heteroatoms. The van der Waals surface area contributed by atoms with Gasteiger partial charge in [0.25, 0.3) is 0 Å². The van der Waals surface area contributed by atoms with Gasteiger partial charge < -0.3 is 25.4 Å². The maximum absolute atomic E-state index is 14.0. The van der Waals surface area contributed by atoms with Crippen molar-refractivity contribution < 1.29 is 24.2 Å². The van der Waals surface area contributed by atoms with Crippen LogP contribution in [0, 0.1) is 17.8 Å². The second-order valence-electron chi connectivity index (χ2n) is 10.2. The summed E-state index contributed by atoms with van der Waals surface area (Å²) in [5, 5.41) is 16.6. The van der Waals surface area contributed by atoms with E-state index in [1.807, 2.05) is 20.8 Å². The fourth-order valence-corrected chi connectivity index (χ4v) is 7.06. The average Bonchev–Trinajstić information content (AvgIpc) is 3.40. The summed E-state index contributed by atoms with van der Waals surface area (Å²) in [5.74, 6) is -2.26. The van der Waals surface area contributed by atoms with Crippen LogP contribution in [0.5, 0.6) is 0 Å². The lowest BCUT2D eigenvalue weighted by molar-refractivity contribution is -0.144. The summed E-state index contributed by atoms with van der Waals surface area (Å²) >= 11 is 9.65. The predicted molar refractivity (Wildman–Crippen MR) is 136 cm³/mol. The standard InChI is InChI=1S/C25H33BrClN3O5/c1-4-9-28-22(32)18-19-24(34)30(16(12-31)10-13(2)3)21(25(19)11-17(26)20(18)35-25)23(33)29-15-7-5-14(27)6-8-15/h5-8,13,16-21,31H,4,9-12H2,1-3H3,(H,28,32)(H,29,33)/t16-,17?,18-,19+,20-,21?,25?/m1/s1. The third-order valence-corrected chi connectivity index (χ3v) is 8.38. The number of nitrogens with one attached hydrogen (secondary N) is 2. The van der Waals surface area contributed by atoms with Crippen LogP contribution in [0.2, 0.25) is 5.02 Å². The van der Waals surface area contributed by atoms with Crippen molar-refractivity contribution in [2.24, 2.45) is 17.8 Å². The molecule has 3 aliphatic heterocycles. The molecular weight excluding hydrogens is 538 g/mol. The first-order valence-electron chi connectivity index (χ1n) is 12.2. The van der Waals surface area contributed by atoms with Crippen LogP contribution in [0.1, 0.15) is 40.0 Å². The van der Waals surface area contributed by atoms with E-state index in [0.717, 1.165) is 6.42 Å². The minimum Gasteiger partial charge on any atom is -0.394 e. The van der Waals surface area contributed by atoms with Crippen LogP contribution in [0.25, 0.3) is 0 Å². The average molecular weight is 571 g/mol. The highest BCUT2D eigenvalue weighted by Crippen LogP contribution is 2.60. The molecule has 1 aromatic carbocycles. The van der Waals surface area contributed by atoms with E-state index in [0.29, 0.717) is 30.1 Å². The molecule has 3 N–H and O–H groups in total. The van der Waals surface area contributed by atoms with Gasteiger partial charge in [0.05, 0.1) is 30.6 Å². The van der Waals surface area contributed by atoms with E-state index in [9.17, 15) is 19.5 Å². The van der Waals surface area contributed by atoms with E-state index in [4.69, 9.17) is 16.3 Å². The van der Waals surface area contributed by atoms with Crippen molar-refractivity contribution in [1.29, 1.82) is 0 Å². The second kappa shape index (κ2) is 10.4. The van der Waals surface area contributed by atoms with Gasteiger partial charge in [-0.3, -0.25) is 14.4 Å². The summed E-state index contributed by atoms with van der Waals surface area (Å²) in [6.45, 7) is 6.18. The Morgan fingerprint density at radius 3 is 2.57 bits per heavy atom. The van der Waals surface area contributed by atoms with Crippen molar-refractivity contribution in [3.8, 4) is 0 Å². The molecular formula is C25H33BrClN3O5. The minimum absolute atomic E-state index is 0.174. The maximum atomic E-state index is 14.0. The summed E-state index contributed by atoms with van der Waals surface area (Å²) < 4.78 is 6.47. The molecule has 192 valence electrons. The van der Waals surface area contributed by atoms with Crippen molar-refractivity contribution in [1.82, 2.24) is 10.2 Å². The molecule has 3 saturated heterocycles. The zero-order chi connectivity index (χ0) is 25.5. The number of rotatable bonds is 9. The SMILES string of the molecule is CCCNC(=O)[C@H]1[C@@H]2OC3(CC2Br)C(C(=O)Nc2ccc(Cl)cc2)N([C@@H](CO)CC(C)C)C(=O)[C@H]13. The molecule has 0 aromatic heterocycles. The van der Waals surface area contributed by atoms with E-state index < -0.39 is 41.5 Å². The van der Waals surface area contributed by atoms with Gasteiger partial charge in [-0.2, -0.15) is 0 Å². The van der Waals surface area contributed by atoms with Gasteiger partial charge in [0, 0.05) is 22.1 Å². The fraction of sp³-hybridized carbons (Fsp3) is 0.640. The molecule has 3 heterocycles. The van der Waals surface area contributed by atoms with Gasteiger partial charge in [-0.15, -0.1) is 0 Å². The summed E-state index contributed by atoms with van der Waals surface area (Å²) in [7, 11) is 0. The Labute approximate surface area is 219 Å². The third-order valence-electron chi connectivity index (χ3n) is 7.29. The lowest BCUT2D eigenvalue weighted by Gasteiger charge is -2.37. The number of nitrogens with zero attached hydrogens (tertiary/aromatic N) is 1. The zero-order valence-corrected chi connectivity index (χ0v) is 22.5. The first-order chi connectivity index (χ1) is 16.6. The Morgan fingerprint density at radius 2 is 1.97 bits per heavy atom. The molecule has 3 amide bonds. The van der Waals surface area contributed by atoms with Crippen LogP contribution in [0.15, 0.2) is 24.3 Å². The summed E-state index contributed by atoms with van der Waals surface area (Å²) in [6, 6.07) is 5.17. The third kappa shape index (κ3) is 4.61. The van der Waals surface area contributed by atoms with E-state index in [2.05, 4.69) is 26.6 Å². The number of alkyl halides is 1. The highest BCUT2D eigenvalue weighted by molar-refractivity contribution is 9.09. The maximum Gasteiger partial charge on any atom is 0.250 e. The number of ether oxygens (including phenoxy) is 1. The van der Waals surface area contributed by atoms with Crippen LogP contribution in [-0.4, -0.2) is 69.5 Å². The van der Waals surface area contributed by atoms with Crippen molar-refractivity contribution in [3.05, 3.63) is 29.3 Å². The van der Waals surface area contributed by atoms with Gasteiger partial charge in [0.1, 0.15) is 11.6 Å². The number of halogens is 2. The molecule has 1 spiro atoms. The molecule has 2 bridgehead atoms. The summed E-state index contributed by atoms with van der Waals surface area (Å²) in [5.41, 5.74) is -0.623. The van der Waals surface area contributed by atoms with Crippen molar-refractivity contribution in [3.63, 3.8) is 0 Å². The number of likely N-dealkylation sites (tertiary alicyclic amines) is 1. The Kier molecular flexibility index (Phi) is 7.81. The Hall–Kier alpha value is -1.68. The summed E-state index contributed by atoms with van der Waals surface area (Å²) in [6.07, 6.45) is 1.20. The largest absolute Gasteiger partial charge is 0.394 e. The highest BCUT2D eigenvalue weighted by atomic mass is 79.9.